The average molecular weight is 235 g/mol. The van der Waals surface area contributed by atoms with Gasteiger partial charge in [0, 0.05) is 19.3 Å². The molecule has 1 heterocycles. The number of aryl methyl sites for hydroxylation is 1. The van der Waals surface area contributed by atoms with E-state index in [9.17, 15) is 4.79 Å². The maximum atomic E-state index is 11.4. The van der Waals surface area contributed by atoms with E-state index in [0.717, 1.165) is 17.8 Å². The Morgan fingerprint density at radius 2 is 2.24 bits per heavy atom. The lowest BCUT2D eigenvalue weighted by atomic mass is 10.2. The second kappa shape index (κ2) is 7.01. The van der Waals surface area contributed by atoms with Gasteiger partial charge in [-0.1, -0.05) is 19.9 Å². The molecule has 1 aromatic heterocycles. The zero-order valence-electron chi connectivity index (χ0n) is 10.8. The number of carbonyl (C=O) groups excluding carboxylic acids is 1. The van der Waals surface area contributed by atoms with Crippen LogP contribution in [-0.4, -0.2) is 24.0 Å². The van der Waals surface area contributed by atoms with Crippen molar-refractivity contribution in [2.45, 2.75) is 27.3 Å². The number of nitrogens with one attached hydrogen (secondary N) is 2. The van der Waals surface area contributed by atoms with Crippen LogP contribution in [0.2, 0.25) is 0 Å². The van der Waals surface area contributed by atoms with Crippen LogP contribution in [0.5, 0.6) is 0 Å². The molecule has 0 atom stereocenters. The van der Waals surface area contributed by atoms with Crippen LogP contribution in [0.25, 0.3) is 0 Å². The summed E-state index contributed by atoms with van der Waals surface area (Å²) in [5.74, 6) is 0.518. The molecule has 1 aromatic rings. The van der Waals surface area contributed by atoms with Crippen LogP contribution in [0.4, 0.5) is 0 Å². The van der Waals surface area contributed by atoms with Crippen molar-refractivity contribution >= 4 is 5.91 Å². The number of amides is 1. The highest BCUT2D eigenvalue weighted by molar-refractivity contribution is 5.77. The molecule has 0 bridgehead atoms. The summed E-state index contributed by atoms with van der Waals surface area (Å²) in [7, 11) is 0. The van der Waals surface area contributed by atoms with E-state index in [1.807, 2.05) is 19.1 Å². The van der Waals surface area contributed by atoms with Crippen molar-refractivity contribution in [3.8, 4) is 0 Å². The van der Waals surface area contributed by atoms with Gasteiger partial charge >= 0.3 is 0 Å². The Balaban J connectivity index is 2.24. The van der Waals surface area contributed by atoms with Crippen molar-refractivity contribution in [3.05, 3.63) is 29.6 Å². The molecule has 0 fully saturated rings. The van der Waals surface area contributed by atoms with Gasteiger partial charge in [-0.15, -0.1) is 0 Å². The number of nitrogens with zero attached hydrogens (tertiary/aromatic N) is 1. The van der Waals surface area contributed by atoms with Gasteiger partial charge in [0.15, 0.2) is 0 Å². The van der Waals surface area contributed by atoms with E-state index >= 15 is 0 Å². The van der Waals surface area contributed by atoms with Gasteiger partial charge in [0.25, 0.3) is 0 Å². The van der Waals surface area contributed by atoms with Crippen LogP contribution >= 0.6 is 0 Å². The van der Waals surface area contributed by atoms with E-state index in [4.69, 9.17) is 0 Å². The predicted octanol–water partition coefficient (Wildman–Crippen LogP) is 1.25. The van der Waals surface area contributed by atoms with Gasteiger partial charge < -0.3 is 10.6 Å². The molecule has 0 spiro atoms. The van der Waals surface area contributed by atoms with Crippen LogP contribution in [-0.2, 0) is 11.3 Å². The minimum atomic E-state index is 0.0345. The van der Waals surface area contributed by atoms with Gasteiger partial charge in [-0.05, 0) is 24.5 Å². The normalized spacial score (nSPS) is 10.6. The Morgan fingerprint density at radius 1 is 1.47 bits per heavy atom. The molecule has 1 amide bonds. The summed E-state index contributed by atoms with van der Waals surface area (Å²) in [6.07, 6.45) is 1.77. The first-order valence-electron chi connectivity index (χ1n) is 5.97. The second-order valence-electron chi connectivity index (χ2n) is 4.57. The molecular formula is C13H21N3O. The van der Waals surface area contributed by atoms with Crippen LogP contribution < -0.4 is 10.6 Å². The monoisotopic (exact) mass is 235 g/mol. The predicted molar refractivity (Wildman–Crippen MR) is 68.5 cm³/mol. The quantitative estimate of drug-likeness (QED) is 0.780. The molecule has 17 heavy (non-hydrogen) atoms. The summed E-state index contributed by atoms with van der Waals surface area (Å²) in [6.45, 7) is 7.85. The van der Waals surface area contributed by atoms with E-state index in [0.29, 0.717) is 19.0 Å². The highest BCUT2D eigenvalue weighted by Gasteiger charge is 2.03. The van der Waals surface area contributed by atoms with Gasteiger partial charge in [0.1, 0.15) is 0 Å². The van der Waals surface area contributed by atoms with E-state index in [1.165, 1.54) is 0 Å². The number of hydrogen-bond donors (Lipinski definition) is 2. The molecule has 2 N–H and O–H groups in total. The largest absolute Gasteiger partial charge is 0.355 e. The van der Waals surface area contributed by atoms with E-state index < -0.39 is 0 Å². The fourth-order valence-electron chi connectivity index (χ4n) is 1.38. The first kappa shape index (κ1) is 13.6. The number of aromatic nitrogens is 1. The van der Waals surface area contributed by atoms with Gasteiger partial charge in [0.2, 0.25) is 5.91 Å². The van der Waals surface area contributed by atoms with Crippen molar-refractivity contribution in [3.63, 3.8) is 0 Å². The molecule has 4 heteroatoms. The summed E-state index contributed by atoms with van der Waals surface area (Å²) in [6, 6.07) is 3.93. The summed E-state index contributed by atoms with van der Waals surface area (Å²) in [4.78, 5) is 15.7. The lowest BCUT2D eigenvalue weighted by molar-refractivity contribution is -0.120. The summed E-state index contributed by atoms with van der Waals surface area (Å²) in [5.41, 5.74) is 2.13. The lowest BCUT2D eigenvalue weighted by Crippen LogP contribution is -2.35. The summed E-state index contributed by atoms with van der Waals surface area (Å²) >= 11 is 0. The maximum absolute atomic E-state index is 11.4. The molecular weight excluding hydrogens is 214 g/mol. The number of rotatable bonds is 6. The Hall–Kier alpha value is -1.42. The first-order chi connectivity index (χ1) is 8.09. The minimum Gasteiger partial charge on any atom is -0.355 e. The number of hydrogen-bond acceptors (Lipinski definition) is 3. The zero-order valence-corrected chi connectivity index (χ0v) is 10.8. The lowest BCUT2D eigenvalue weighted by Gasteiger charge is -2.09. The Kier molecular flexibility index (Phi) is 5.63. The second-order valence-corrected chi connectivity index (χ2v) is 4.57. The van der Waals surface area contributed by atoms with Crippen LogP contribution in [0.3, 0.4) is 0 Å². The average Bonchev–Trinajstić information content (AvgIpc) is 2.29. The van der Waals surface area contributed by atoms with E-state index in [1.54, 1.807) is 6.20 Å². The summed E-state index contributed by atoms with van der Waals surface area (Å²) in [5, 5.41) is 5.95. The molecule has 4 nitrogen and oxygen atoms in total. The Bertz CT molecular complexity index is 363. The van der Waals surface area contributed by atoms with Gasteiger partial charge in [-0.2, -0.15) is 0 Å². The topological polar surface area (TPSA) is 54.0 Å². The fraction of sp³-hybridized carbons (Fsp3) is 0.538. The van der Waals surface area contributed by atoms with Crippen LogP contribution in [0, 0.1) is 12.8 Å². The fourth-order valence-corrected chi connectivity index (χ4v) is 1.38. The van der Waals surface area contributed by atoms with Crippen molar-refractivity contribution in [2.24, 2.45) is 5.92 Å². The standard InChI is InChI=1S/C13H21N3O/c1-10(2)7-16-13(17)9-14-8-12-11(3)5-4-6-15-12/h4-6,10,14H,7-9H2,1-3H3,(H,16,17). The van der Waals surface area contributed by atoms with Crippen molar-refractivity contribution in [1.29, 1.82) is 0 Å². The molecule has 0 aliphatic heterocycles. The van der Waals surface area contributed by atoms with Crippen LogP contribution in [0.15, 0.2) is 18.3 Å². The van der Waals surface area contributed by atoms with E-state index in [-0.39, 0.29) is 5.91 Å². The Morgan fingerprint density at radius 3 is 2.88 bits per heavy atom. The molecule has 0 saturated carbocycles. The summed E-state index contributed by atoms with van der Waals surface area (Å²) < 4.78 is 0. The van der Waals surface area contributed by atoms with E-state index in [2.05, 4.69) is 29.5 Å². The third kappa shape index (κ3) is 5.45. The molecule has 94 valence electrons. The third-order valence-corrected chi connectivity index (χ3v) is 2.40. The first-order valence-corrected chi connectivity index (χ1v) is 5.97. The number of pyridine rings is 1. The molecule has 0 unspecified atom stereocenters. The van der Waals surface area contributed by atoms with Crippen LogP contribution in [0.1, 0.15) is 25.1 Å². The smallest absolute Gasteiger partial charge is 0.233 e. The molecule has 0 aliphatic carbocycles. The highest BCUT2D eigenvalue weighted by atomic mass is 16.1. The van der Waals surface area contributed by atoms with Crippen molar-refractivity contribution in [2.75, 3.05) is 13.1 Å². The van der Waals surface area contributed by atoms with Gasteiger partial charge in [-0.3, -0.25) is 9.78 Å². The van der Waals surface area contributed by atoms with Gasteiger partial charge in [0.05, 0.1) is 12.2 Å². The zero-order chi connectivity index (χ0) is 12.7. The number of carbonyl (C=O) groups is 1. The SMILES string of the molecule is Cc1cccnc1CNCC(=O)NCC(C)C. The molecule has 0 aromatic carbocycles. The minimum absolute atomic E-state index is 0.0345. The van der Waals surface area contributed by atoms with Crippen molar-refractivity contribution in [1.82, 2.24) is 15.6 Å². The third-order valence-electron chi connectivity index (χ3n) is 2.40. The maximum Gasteiger partial charge on any atom is 0.233 e. The molecule has 1 rings (SSSR count). The Labute approximate surface area is 103 Å². The highest BCUT2D eigenvalue weighted by Crippen LogP contribution is 2.01. The van der Waals surface area contributed by atoms with Gasteiger partial charge in [-0.25, -0.2) is 0 Å². The molecule has 0 radical (unpaired) electrons. The molecule has 0 aliphatic rings. The molecule has 0 saturated heterocycles. The van der Waals surface area contributed by atoms with Crippen molar-refractivity contribution < 1.29 is 4.79 Å².